The van der Waals surface area contributed by atoms with Gasteiger partial charge in [0, 0.05) is 12.3 Å². The number of ether oxygens (including phenoxy) is 1. The molecule has 2 bridgehead atoms. The lowest BCUT2D eigenvalue weighted by Gasteiger charge is -2.40. The minimum Gasteiger partial charge on any atom is -0.359 e. The number of fused-ring (bicyclic) bond motifs is 1. The van der Waals surface area contributed by atoms with Gasteiger partial charge in [0.1, 0.15) is 0 Å². The van der Waals surface area contributed by atoms with Crippen LogP contribution >= 0.6 is 0 Å². The average molecular weight is 234 g/mol. The Kier molecular flexibility index (Phi) is 2.19. The molecule has 4 atom stereocenters. The maximum absolute atomic E-state index is 10.7. The zero-order valence-corrected chi connectivity index (χ0v) is 11.2. The average Bonchev–Trinajstić information content (AvgIpc) is 2.65. The summed E-state index contributed by atoms with van der Waals surface area (Å²) in [6, 6.07) is 0. The van der Waals surface area contributed by atoms with Crippen LogP contribution in [0.25, 0.3) is 0 Å². The van der Waals surface area contributed by atoms with Gasteiger partial charge in [-0.3, -0.25) is 0 Å². The Morgan fingerprint density at radius 1 is 1.41 bits per heavy atom. The van der Waals surface area contributed by atoms with Crippen molar-refractivity contribution in [3.8, 4) is 0 Å². The van der Waals surface area contributed by atoms with Crippen LogP contribution in [0.5, 0.6) is 0 Å². The van der Waals surface area contributed by atoms with Crippen LogP contribution in [0.15, 0.2) is 22.8 Å². The third-order valence-electron chi connectivity index (χ3n) is 5.12. The highest BCUT2D eigenvalue weighted by atomic mass is 16.6. The number of hydrogen-bond acceptors (Lipinski definition) is 2. The van der Waals surface area contributed by atoms with E-state index in [1.807, 2.05) is 6.08 Å². The maximum atomic E-state index is 10.7. The Morgan fingerprint density at radius 2 is 2.12 bits per heavy atom. The van der Waals surface area contributed by atoms with Crippen molar-refractivity contribution in [2.24, 2.45) is 11.8 Å². The molecule has 2 fully saturated rings. The van der Waals surface area contributed by atoms with Crippen LogP contribution in [-0.4, -0.2) is 16.5 Å². The molecule has 1 saturated heterocycles. The Morgan fingerprint density at radius 3 is 2.76 bits per heavy atom. The first-order valence-electron chi connectivity index (χ1n) is 6.68. The van der Waals surface area contributed by atoms with Crippen molar-refractivity contribution < 1.29 is 9.84 Å². The highest BCUT2D eigenvalue weighted by Gasteiger charge is 2.62. The fraction of sp³-hybridized carbons (Fsp3) is 0.733. The molecule has 0 aromatic heterocycles. The molecule has 1 spiro atoms. The van der Waals surface area contributed by atoms with Gasteiger partial charge in [-0.2, -0.15) is 0 Å². The third-order valence-corrected chi connectivity index (χ3v) is 5.12. The van der Waals surface area contributed by atoms with Gasteiger partial charge >= 0.3 is 0 Å². The molecule has 0 radical (unpaired) electrons. The van der Waals surface area contributed by atoms with Crippen LogP contribution in [-0.2, 0) is 4.74 Å². The van der Waals surface area contributed by atoms with Gasteiger partial charge in [-0.1, -0.05) is 18.1 Å². The number of allylic oxidation sites excluding steroid dienone is 1. The quantitative estimate of drug-likeness (QED) is 0.652. The van der Waals surface area contributed by atoms with Crippen molar-refractivity contribution in [2.45, 2.75) is 58.3 Å². The largest absolute Gasteiger partial charge is 0.359 e. The number of hydrogen-bond donors (Lipinski definition) is 1. The Hall–Kier alpha value is -0.600. The molecule has 3 rings (SSSR count). The second kappa shape index (κ2) is 3.24. The van der Waals surface area contributed by atoms with E-state index < -0.39 is 5.79 Å². The summed E-state index contributed by atoms with van der Waals surface area (Å²) in [7, 11) is 0. The normalized spacial score (nSPS) is 48.1. The van der Waals surface area contributed by atoms with Crippen molar-refractivity contribution in [3.63, 3.8) is 0 Å². The SMILES string of the molecule is CC1=C[C@]2(O)O[C@]3(CC2=C(C)C)[C@@H](C)CC[C@@H]13. The van der Waals surface area contributed by atoms with Crippen LogP contribution in [0.4, 0.5) is 0 Å². The molecule has 94 valence electrons. The minimum atomic E-state index is -1.11. The summed E-state index contributed by atoms with van der Waals surface area (Å²) in [5, 5.41) is 10.7. The standard InChI is InChI=1S/C15H22O2/c1-9(2)13-8-14-11(4)5-6-12(14)10(3)7-15(13,16)17-14/h7,11-12,16H,5-6,8H2,1-4H3/t11-,12-,14+,15-/m0/s1. The van der Waals surface area contributed by atoms with E-state index in [0.29, 0.717) is 11.8 Å². The van der Waals surface area contributed by atoms with Crippen LogP contribution in [0.2, 0.25) is 0 Å². The van der Waals surface area contributed by atoms with E-state index in [1.54, 1.807) is 0 Å². The summed E-state index contributed by atoms with van der Waals surface area (Å²) >= 11 is 0. The monoisotopic (exact) mass is 234 g/mol. The number of rotatable bonds is 0. The van der Waals surface area contributed by atoms with Gasteiger partial charge in [0.2, 0.25) is 5.79 Å². The third kappa shape index (κ3) is 1.28. The van der Waals surface area contributed by atoms with Gasteiger partial charge in [0.25, 0.3) is 0 Å². The van der Waals surface area contributed by atoms with Gasteiger partial charge < -0.3 is 9.84 Å². The van der Waals surface area contributed by atoms with Crippen molar-refractivity contribution in [2.75, 3.05) is 0 Å². The second-order valence-corrected chi connectivity index (χ2v) is 6.33. The highest BCUT2D eigenvalue weighted by molar-refractivity contribution is 5.40. The van der Waals surface area contributed by atoms with Gasteiger partial charge in [-0.25, -0.2) is 0 Å². The van der Waals surface area contributed by atoms with E-state index in [9.17, 15) is 5.11 Å². The van der Waals surface area contributed by atoms with Crippen molar-refractivity contribution in [3.05, 3.63) is 22.8 Å². The zero-order valence-electron chi connectivity index (χ0n) is 11.2. The van der Waals surface area contributed by atoms with Gasteiger partial charge in [0.15, 0.2) is 0 Å². The van der Waals surface area contributed by atoms with Crippen molar-refractivity contribution >= 4 is 0 Å². The van der Waals surface area contributed by atoms with E-state index in [1.165, 1.54) is 24.0 Å². The fourth-order valence-corrected chi connectivity index (χ4v) is 4.18. The lowest BCUT2D eigenvalue weighted by atomic mass is 9.79. The highest BCUT2D eigenvalue weighted by Crippen LogP contribution is 2.60. The molecule has 2 heteroatoms. The van der Waals surface area contributed by atoms with E-state index in [0.717, 1.165) is 12.0 Å². The van der Waals surface area contributed by atoms with Gasteiger partial charge in [-0.05, 0) is 51.2 Å². The van der Waals surface area contributed by atoms with Gasteiger partial charge in [0.05, 0.1) is 5.60 Å². The summed E-state index contributed by atoms with van der Waals surface area (Å²) in [6.07, 6.45) is 5.27. The molecule has 0 aromatic carbocycles. The topological polar surface area (TPSA) is 29.5 Å². The van der Waals surface area contributed by atoms with E-state index in [4.69, 9.17) is 4.74 Å². The molecule has 2 nitrogen and oxygen atoms in total. The first-order chi connectivity index (χ1) is 7.89. The lowest BCUT2D eigenvalue weighted by Crippen LogP contribution is -2.45. The van der Waals surface area contributed by atoms with E-state index >= 15 is 0 Å². The molecule has 1 N–H and O–H groups in total. The minimum absolute atomic E-state index is 0.125. The summed E-state index contributed by atoms with van der Waals surface area (Å²) < 4.78 is 6.17. The van der Waals surface area contributed by atoms with Crippen LogP contribution in [0.1, 0.15) is 47.0 Å². The van der Waals surface area contributed by atoms with E-state index in [-0.39, 0.29) is 5.60 Å². The van der Waals surface area contributed by atoms with E-state index in [2.05, 4.69) is 27.7 Å². The predicted octanol–water partition coefficient (Wildman–Crippen LogP) is 3.18. The van der Waals surface area contributed by atoms with Gasteiger partial charge in [-0.15, -0.1) is 0 Å². The molecule has 0 aromatic rings. The second-order valence-electron chi connectivity index (χ2n) is 6.33. The Labute approximate surface area is 103 Å². The molecule has 2 heterocycles. The van der Waals surface area contributed by atoms with Crippen molar-refractivity contribution in [1.29, 1.82) is 0 Å². The Bertz CT molecular complexity index is 430. The van der Waals surface area contributed by atoms with Crippen LogP contribution < -0.4 is 0 Å². The first kappa shape index (κ1) is 11.5. The summed E-state index contributed by atoms with van der Waals surface area (Å²) in [6.45, 7) is 8.57. The molecule has 2 aliphatic heterocycles. The molecule has 17 heavy (non-hydrogen) atoms. The molecule has 0 amide bonds. The maximum Gasteiger partial charge on any atom is 0.209 e. The molecule has 1 aliphatic carbocycles. The summed E-state index contributed by atoms with van der Waals surface area (Å²) in [5.41, 5.74) is 3.49. The predicted molar refractivity (Wildman–Crippen MR) is 67.4 cm³/mol. The zero-order chi connectivity index (χ0) is 12.4. The molecule has 1 saturated carbocycles. The lowest BCUT2D eigenvalue weighted by molar-refractivity contribution is -0.209. The molecular formula is C15H22O2. The molecule has 0 unspecified atom stereocenters. The summed E-state index contributed by atoms with van der Waals surface area (Å²) in [4.78, 5) is 0. The fourth-order valence-electron chi connectivity index (χ4n) is 4.18. The number of aliphatic hydroxyl groups is 1. The van der Waals surface area contributed by atoms with Crippen LogP contribution in [0, 0.1) is 11.8 Å². The smallest absolute Gasteiger partial charge is 0.209 e. The first-order valence-corrected chi connectivity index (χ1v) is 6.68. The van der Waals surface area contributed by atoms with Crippen molar-refractivity contribution in [1.82, 2.24) is 0 Å². The molecule has 3 aliphatic rings. The van der Waals surface area contributed by atoms with Crippen LogP contribution in [0.3, 0.4) is 0 Å². The molecular weight excluding hydrogens is 212 g/mol. The summed E-state index contributed by atoms with van der Waals surface area (Å²) in [5.74, 6) is -0.0629. The Balaban J connectivity index is 2.18.